The van der Waals surface area contributed by atoms with Crippen molar-refractivity contribution in [2.24, 2.45) is 5.92 Å². The summed E-state index contributed by atoms with van der Waals surface area (Å²) in [4.78, 5) is 0. The summed E-state index contributed by atoms with van der Waals surface area (Å²) in [5.74, 6) is 0.968. The summed E-state index contributed by atoms with van der Waals surface area (Å²) < 4.78 is 11.6. The molecule has 0 aromatic heterocycles. The molecule has 3 heteroatoms. The van der Waals surface area contributed by atoms with Crippen molar-refractivity contribution in [3.05, 3.63) is 0 Å². The number of hydrogen-bond acceptors (Lipinski definition) is 3. The van der Waals surface area contributed by atoms with Crippen molar-refractivity contribution < 1.29 is 9.47 Å². The van der Waals surface area contributed by atoms with Gasteiger partial charge in [-0.15, -0.1) is 0 Å². The second kappa shape index (κ2) is 5.99. The lowest BCUT2D eigenvalue weighted by molar-refractivity contribution is -0.145. The highest BCUT2D eigenvalue weighted by atomic mass is 16.5. The Morgan fingerprint density at radius 3 is 2.62 bits per heavy atom. The third kappa shape index (κ3) is 3.19. The first-order valence-electron chi connectivity index (χ1n) is 6.81. The average molecular weight is 227 g/mol. The van der Waals surface area contributed by atoms with Crippen LogP contribution in [0.1, 0.15) is 39.5 Å². The first-order valence-corrected chi connectivity index (χ1v) is 6.81. The summed E-state index contributed by atoms with van der Waals surface area (Å²) in [5, 5.41) is 3.45. The van der Waals surface area contributed by atoms with E-state index in [1.165, 1.54) is 19.3 Å². The van der Waals surface area contributed by atoms with E-state index in [2.05, 4.69) is 19.2 Å². The van der Waals surface area contributed by atoms with E-state index in [1.54, 1.807) is 0 Å². The summed E-state index contributed by atoms with van der Waals surface area (Å²) in [6.07, 6.45) is 5.82. The molecule has 0 radical (unpaired) electrons. The largest absolute Gasteiger partial charge is 0.375 e. The van der Waals surface area contributed by atoms with Crippen molar-refractivity contribution >= 4 is 0 Å². The van der Waals surface area contributed by atoms with E-state index in [1.807, 2.05) is 0 Å². The highest BCUT2D eigenvalue weighted by Crippen LogP contribution is 2.33. The third-order valence-corrected chi connectivity index (χ3v) is 3.63. The van der Waals surface area contributed by atoms with Crippen molar-refractivity contribution in [1.82, 2.24) is 5.32 Å². The van der Waals surface area contributed by atoms with Gasteiger partial charge in [0.05, 0.1) is 12.2 Å². The fourth-order valence-electron chi connectivity index (χ4n) is 2.41. The molecule has 2 saturated carbocycles. The van der Waals surface area contributed by atoms with E-state index in [-0.39, 0.29) is 6.10 Å². The SMILES string of the molecule is CCNC1CC(OCCC2CC2)C1OCC. The van der Waals surface area contributed by atoms with Gasteiger partial charge >= 0.3 is 0 Å². The molecule has 94 valence electrons. The van der Waals surface area contributed by atoms with Gasteiger partial charge in [0.15, 0.2) is 0 Å². The maximum absolute atomic E-state index is 5.91. The Balaban J connectivity index is 1.63. The second-order valence-corrected chi connectivity index (χ2v) is 4.96. The number of hydrogen-bond donors (Lipinski definition) is 1. The molecule has 16 heavy (non-hydrogen) atoms. The zero-order chi connectivity index (χ0) is 11.4. The summed E-state index contributed by atoms with van der Waals surface area (Å²) in [7, 11) is 0. The van der Waals surface area contributed by atoms with Gasteiger partial charge in [-0.2, -0.15) is 0 Å². The van der Waals surface area contributed by atoms with E-state index >= 15 is 0 Å². The normalized spacial score (nSPS) is 33.8. The fraction of sp³-hybridized carbons (Fsp3) is 1.00. The minimum absolute atomic E-state index is 0.282. The summed E-state index contributed by atoms with van der Waals surface area (Å²) in [6.45, 7) is 6.93. The van der Waals surface area contributed by atoms with Crippen LogP contribution >= 0.6 is 0 Å². The summed E-state index contributed by atoms with van der Waals surface area (Å²) in [5.41, 5.74) is 0. The van der Waals surface area contributed by atoms with E-state index in [9.17, 15) is 0 Å². The molecule has 2 rings (SSSR count). The van der Waals surface area contributed by atoms with Gasteiger partial charge < -0.3 is 14.8 Å². The molecule has 2 fully saturated rings. The standard InChI is InChI=1S/C13H25NO2/c1-3-14-11-9-12(13(11)15-4-2)16-8-7-10-5-6-10/h10-14H,3-9H2,1-2H3. The maximum Gasteiger partial charge on any atom is 0.0990 e. The molecule has 2 aliphatic rings. The molecule has 3 atom stereocenters. The van der Waals surface area contributed by atoms with Gasteiger partial charge in [0.25, 0.3) is 0 Å². The fourth-order valence-corrected chi connectivity index (χ4v) is 2.41. The topological polar surface area (TPSA) is 30.5 Å². The summed E-state index contributed by atoms with van der Waals surface area (Å²) >= 11 is 0. The van der Waals surface area contributed by atoms with Gasteiger partial charge in [0.1, 0.15) is 0 Å². The Hall–Kier alpha value is -0.120. The Bertz CT molecular complexity index is 206. The number of rotatable bonds is 8. The summed E-state index contributed by atoms with van der Waals surface area (Å²) in [6, 6.07) is 0.510. The molecule has 3 nitrogen and oxygen atoms in total. The monoisotopic (exact) mass is 227 g/mol. The zero-order valence-electron chi connectivity index (χ0n) is 10.6. The lowest BCUT2D eigenvalue weighted by Gasteiger charge is -2.44. The van der Waals surface area contributed by atoms with E-state index in [0.717, 1.165) is 32.1 Å². The predicted molar refractivity (Wildman–Crippen MR) is 64.6 cm³/mol. The number of nitrogens with one attached hydrogen (secondary N) is 1. The minimum atomic E-state index is 0.282. The van der Waals surface area contributed by atoms with Crippen LogP contribution in [0, 0.1) is 5.92 Å². The molecule has 0 aromatic carbocycles. The van der Waals surface area contributed by atoms with Crippen molar-refractivity contribution in [2.75, 3.05) is 19.8 Å². The molecule has 0 amide bonds. The van der Waals surface area contributed by atoms with Gasteiger partial charge in [0.2, 0.25) is 0 Å². The van der Waals surface area contributed by atoms with Gasteiger partial charge in [-0.3, -0.25) is 0 Å². The van der Waals surface area contributed by atoms with Crippen LogP contribution in [-0.2, 0) is 9.47 Å². The molecule has 0 heterocycles. The van der Waals surface area contributed by atoms with Gasteiger partial charge in [-0.25, -0.2) is 0 Å². The lowest BCUT2D eigenvalue weighted by Crippen LogP contribution is -2.60. The smallest absolute Gasteiger partial charge is 0.0990 e. The van der Waals surface area contributed by atoms with Crippen LogP contribution in [0.4, 0.5) is 0 Å². The van der Waals surface area contributed by atoms with Gasteiger partial charge in [-0.05, 0) is 32.2 Å². The Kier molecular flexibility index (Phi) is 4.62. The van der Waals surface area contributed by atoms with Crippen molar-refractivity contribution in [3.63, 3.8) is 0 Å². The Morgan fingerprint density at radius 1 is 1.19 bits per heavy atom. The lowest BCUT2D eigenvalue weighted by atomic mass is 9.85. The van der Waals surface area contributed by atoms with Gasteiger partial charge in [0, 0.05) is 19.3 Å². The van der Waals surface area contributed by atoms with Crippen molar-refractivity contribution in [2.45, 2.75) is 57.8 Å². The van der Waals surface area contributed by atoms with Crippen LogP contribution in [0.15, 0.2) is 0 Å². The van der Waals surface area contributed by atoms with E-state index in [0.29, 0.717) is 12.1 Å². The minimum Gasteiger partial charge on any atom is -0.375 e. The molecular formula is C13H25NO2. The van der Waals surface area contributed by atoms with Gasteiger partial charge in [-0.1, -0.05) is 19.8 Å². The second-order valence-electron chi connectivity index (χ2n) is 4.96. The number of ether oxygens (including phenoxy) is 2. The van der Waals surface area contributed by atoms with Crippen LogP contribution in [-0.4, -0.2) is 38.0 Å². The van der Waals surface area contributed by atoms with E-state index in [4.69, 9.17) is 9.47 Å². The zero-order valence-corrected chi connectivity index (χ0v) is 10.6. The molecule has 0 aromatic rings. The van der Waals surface area contributed by atoms with Crippen LogP contribution < -0.4 is 5.32 Å². The molecule has 2 aliphatic carbocycles. The highest BCUT2D eigenvalue weighted by Gasteiger charge is 2.42. The van der Waals surface area contributed by atoms with Crippen molar-refractivity contribution in [1.29, 1.82) is 0 Å². The first-order chi connectivity index (χ1) is 7.85. The molecule has 3 unspecified atom stereocenters. The predicted octanol–water partition coefficient (Wildman–Crippen LogP) is 1.96. The Labute approximate surface area is 98.9 Å². The molecular weight excluding hydrogens is 202 g/mol. The van der Waals surface area contributed by atoms with Crippen LogP contribution in [0.25, 0.3) is 0 Å². The maximum atomic E-state index is 5.91. The first kappa shape index (κ1) is 12.3. The number of likely N-dealkylation sites (N-methyl/N-ethyl adjacent to an activating group) is 1. The highest BCUT2D eigenvalue weighted by molar-refractivity contribution is 4.97. The molecule has 0 aliphatic heterocycles. The average Bonchev–Trinajstić information content (AvgIpc) is 3.07. The molecule has 0 saturated heterocycles. The quantitative estimate of drug-likeness (QED) is 0.687. The molecule has 1 N–H and O–H groups in total. The van der Waals surface area contributed by atoms with Crippen LogP contribution in [0.2, 0.25) is 0 Å². The third-order valence-electron chi connectivity index (χ3n) is 3.63. The van der Waals surface area contributed by atoms with Crippen molar-refractivity contribution in [3.8, 4) is 0 Å². The molecule has 0 spiro atoms. The van der Waals surface area contributed by atoms with Crippen LogP contribution in [0.5, 0.6) is 0 Å². The van der Waals surface area contributed by atoms with E-state index < -0.39 is 0 Å². The Morgan fingerprint density at radius 2 is 2.00 bits per heavy atom. The van der Waals surface area contributed by atoms with Crippen LogP contribution in [0.3, 0.4) is 0 Å². The molecule has 0 bridgehead atoms.